The molecule has 0 saturated carbocycles. The van der Waals surface area contributed by atoms with Crippen molar-refractivity contribution < 1.29 is 17.9 Å². The van der Waals surface area contributed by atoms with Crippen molar-refractivity contribution in [2.75, 3.05) is 0 Å². The number of rotatable bonds is 4. The van der Waals surface area contributed by atoms with Gasteiger partial charge in [0.15, 0.2) is 0 Å². The third kappa shape index (κ3) is 3.59. The van der Waals surface area contributed by atoms with Gasteiger partial charge in [-0.2, -0.15) is 0 Å². The summed E-state index contributed by atoms with van der Waals surface area (Å²) in [6.07, 6.45) is -0.550. The highest BCUT2D eigenvalue weighted by molar-refractivity contribution is 7.90. The number of aliphatic imine (C=N–C) groups is 1. The molecule has 0 spiro atoms. The van der Waals surface area contributed by atoms with Gasteiger partial charge in [0.05, 0.1) is 4.90 Å². The van der Waals surface area contributed by atoms with Crippen molar-refractivity contribution in [3.63, 3.8) is 0 Å². The molecule has 0 aromatic heterocycles. The van der Waals surface area contributed by atoms with Crippen molar-refractivity contribution in [3.8, 4) is 0 Å². The number of amidine groups is 1. The third-order valence-electron chi connectivity index (χ3n) is 3.96. The zero-order valence-corrected chi connectivity index (χ0v) is 15.7. The van der Waals surface area contributed by atoms with E-state index in [2.05, 4.69) is 9.71 Å². The van der Waals surface area contributed by atoms with Gasteiger partial charge in [-0.25, -0.2) is 13.2 Å². The van der Waals surface area contributed by atoms with E-state index in [-0.39, 0.29) is 10.7 Å². The number of hydrogen-bond acceptors (Lipinski definition) is 5. The lowest BCUT2D eigenvalue weighted by atomic mass is 10.1. The maximum atomic E-state index is 12.3. The van der Waals surface area contributed by atoms with Crippen LogP contribution in [0.1, 0.15) is 31.1 Å². The van der Waals surface area contributed by atoms with Gasteiger partial charge < -0.3 is 4.74 Å². The van der Waals surface area contributed by atoms with Gasteiger partial charge in [0, 0.05) is 16.1 Å². The monoisotopic (exact) mass is 392 g/mol. The average molecular weight is 393 g/mol. The van der Waals surface area contributed by atoms with Crippen molar-refractivity contribution in [3.05, 3.63) is 64.7 Å². The van der Waals surface area contributed by atoms with E-state index in [0.29, 0.717) is 16.1 Å². The van der Waals surface area contributed by atoms with Gasteiger partial charge in [0.2, 0.25) is 0 Å². The zero-order valence-electron chi connectivity index (χ0n) is 14.1. The smallest absolute Gasteiger partial charge is 0.331 e. The molecule has 6 nitrogen and oxygen atoms in total. The fraction of sp³-hybridized carbons (Fsp3) is 0.222. The molecule has 2 aromatic rings. The number of hydrogen-bond donors (Lipinski definition) is 1. The third-order valence-corrected chi connectivity index (χ3v) is 5.70. The lowest BCUT2D eigenvalue weighted by molar-refractivity contribution is -0.149. The Kier molecular flexibility index (Phi) is 5.02. The average Bonchev–Trinajstić information content (AvgIpc) is 2.86. The molecular weight excluding hydrogens is 376 g/mol. The molecule has 8 heteroatoms. The topological polar surface area (TPSA) is 84.8 Å². The largest absolute Gasteiger partial charge is 0.456 e. The Bertz CT molecular complexity index is 988. The Morgan fingerprint density at radius 2 is 1.77 bits per heavy atom. The van der Waals surface area contributed by atoms with Crippen molar-refractivity contribution in [2.24, 2.45) is 4.99 Å². The summed E-state index contributed by atoms with van der Waals surface area (Å²) in [4.78, 5) is 16.7. The van der Waals surface area contributed by atoms with Gasteiger partial charge in [-0.15, -0.1) is 0 Å². The highest BCUT2D eigenvalue weighted by Crippen LogP contribution is 2.26. The summed E-state index contributed by atoms with van der Waals surface area (Å²) < 4.78 is 32.0. The van der Waals surface area contributed by atoms with Gasteiger partial charge >= 0.3 is 5.97 Å². The lowest BCUT2D eigenvalue weighted by Crippen LogP contribution is -2.27. The molecule has 1 heterocycles. The van der Waals surface area contributed by atoms with E-state index in [1.54, 1.807) is 56.3 Å². The Labute approximate surface area is 156 Å². The second kappa shape index (κ2) is 7.09. The van der Waals surface area contributed by atoms with Gasteiger partial charge in [-0.1, -0.05) is 41.9 Å². The van der Waals surface area contributed by atoms with Crippen LogP contribution in [-0.2, 0) is 19.6 Å². The molecule has 0 fully saturated rings. The minimum absolute atomic E-state index is 0.135. The molecule has 0 saturated heterocycles. The van der Waals surface area contributed by atoms with Crippen LogP contribution in [0.15, 0.2) is 58.4 Å². The lowest BCUT2D eigenvalue weighted by Gasteiger charge is -2.16. The summed E-state index contributed by atoms with van der Waals surface area (Å²) in [5, 5.41) is 0.504. The van der Waals surface area contributed by atoms with Gasteiger partial charge in [-0.05, 0) is 32.0 Å². The first-order valence-corrected chi connectivity index (χ1v) is 9.80. The molecule has 1 aliphatic heterocycles. The van der Waals surface area contributed by atoms with Crippen molar-refractivity contribution in [1.29, 1.82) is 0 Å². The minimum atomic E-state index is -3.65. The first kappa shape index (κ1) is 18.4. The van der Waals surface area contributed by atoms with Gasteiger partial charge in [-0.3, -0.25) is 9.71 Å². The molecule has 2 aromatic carbocycles. The predicted molar refractivity (Wildman–Crippen MR) is 98.7 cm³/mol. The van der Waals surface area contributed by atoms with Crippen molar-refractivity contribution in [1.82, 2.24) is 4.72 Å². The molecular formula is C18H17ClN2O4S. The number of benzene rings is 2. The molecule has 1 aliphatic rings. The van der Waals surface area contributed by atoms with Crippen LogP contribution in [0.5, 0.6) is 0 Å². The zero-order chi connectivity index (χ0) is 18.9. The van der Waals surface area contributed by atoms with E-state index >= 15 is 0 Å². The number of carbonyl (C=O) groups excluding carboxylic acids is 1. The van der Waals surface area contributed by atoms with E-state index in [1.165, 1.54) is 6.07 Å². The van der Waals surface area contributed by atoms with Crippen LogP contribution in [0, 0.1) is 0 Å². The van der Waals surface area contributed by atoms with E-state index in [0.717, 1.165) is 0 Å². The standard InChI is InChI=1S/C18H17ClN2O4S/c1-11(18(22)25-12(2)13-7-3-5-9-15(13)19)20-17-14-8-4-6-10-16(14)26(23,24)21-17/h3-12H,1-2H3,(H,20,21)/t11-,12+/m0/s1. The normalized spacial score (nSPS) is 18.7. The number of halogens is 1. The maximum absolute atomic E-state index is 12.3. The molecule has 136 valence electrons. The van der Waals surface area contributed by atoms with E-state index in [9.17, 15) is 13.2 Å². The van der Waals surface area contributed by atoms with Crippen LogP contribution in [-0.4, -0.2) is 26.3 Å². The number of ether oxygens (including phenoxy) is 1. The first-order chi connectivity index (χ1) is 12.3. The number of fused-ring (bicyclic) bond motifs is 1. The number of esters is 1. The second-order valence-corrected chi connectivity index (χ2v) is 7.91. The number of carbonyl (C=O) groups is 1. The summed E-state index contributed by atoms with van der Waals surface area (Å²) in [6.45, 7) is 3.26. The fourth-order valence-corrected chi connectivity index (χ4v) is 4.15. The van der Waals surface area contributed by atoms with Crippen LogP contribution in [0.3, 0.4) is 0 Å². The Morgan fingerprint density at radius 3 is 2.50 bits per heavy atom. The van der Waals surface area contributed by atoms with E-state index in [1.807, 2.05) is 0 Å². The molecule has 0 unspecified atom stereocenters. The fourth-order valence-electron chi connectivity index (χ4n) is 2.62. The summed E-state index contributed by atoms with van der Waals surface area (Å²) in [6, 6.07) is 12.7. The first-order valence-electron chi connectivity index (χ1n) is 7.94. The summed E-state index contributed by atoms with van der Waals surface area (Å²) in [5.41, 5.74) is 1.13. The number of nitrogens with one attached hydrogen (secondary N) is 1. The van der Waals surface area contributed by atoms with Crippen LogP contribution < -0.4 is 4.72 Å². The SMILES string of the molecule is C[C@H](N=C1NS(=O)(=O)c2ccccc21)C(=O)O[C@H](C)c1ccccc1Cl. The maximum Gasteiger partial charge on any atom is 0.331 e. The summed E-state index contributed by atoms with van der Waals surface area (Å²) in [5.74, 6) is -0.441. The van der Waals surface area contributed by atoms with E-state index < -0.39 is 28.1 Å². The summed E-state index contributed by atoms with van der Waals surface area (Å²) >= 11 is 6.11. The van der Waals surface area contributed by atoms with Gasteiger partial charge in [0.1, 0.15) is 18.0 Å². The molecule has 0 aliphatic carbocycles. The highest BCUT2D eigenvalue weighted by Gasteiger charge is 2.31. The molecule has 2 atom stereocenters. The molecule has 0 radical (unpaired) electrons. The quantitative estimate of drug-likeness (QED) is 0.810. The van der Waals surface area contributed by atoms with Gasteiger partial charge in [0.25, 0.3) is 10.0 Å². The minimum Gasteiger partial charge on any atom is -0.456 e. The molecule has 26 heavy (non-hydrogen) atoms. The summed E-state index contributed by atoms with van der Waals surface area (Å²) in [7, 11) is -3.65. The van der Waals surface area contributed by atoms with Crippen LogP contribution >= 0.6 is 11.6 Å². The van der Waals surface area contributed by atoms with Crippen LogP contribution in [0.4, 0.5) is 0 Å². The molecule has 3 rings (SSSR count). The second-order valence-electron chi connectivity index (χ2n) is 5.86. The predicted octanol–water partition coefficient (Wildman–Crippen LogP) is 3.07. The molecule has 0 bridgehead atoms. The van der Waals surface area contributed by atoms with Crippen LogP contribution in [0.25, 0.3) is 0 Å². The number of sulfonamides is 1. The molecule has 1 N–H and O–H groups in total. The van der Waals surface area contributed by atoms with Crippen molar-refractivity contribution in [2.45, 2.75) is 30.9 Å². The number of nitrogens with zero attached hydrogens (tertiary/aromatic N) is 1. The Balaban J connectivity index is 1.78. The Morgan fingerprint density at radius 1 is 1.12 bits per heavy atom. The molecule has 0 amide bonds. The van der Waals surface area contributed by atoms with Crippen molar-refractivity contribution >= 4 is 33.4 Å². The highest BCUT2D eigenvalue weighted by atomic mass is 35.5. The van der Waals surface area contributed by atoms with Crippen LogP contribution in [0.2, 0.25) is 5.02 Å². The van der Waals surface area contributed by atoms with E-state index in [4.69, 9.17) is 16.3 Å². The Hall–Kier alpha value is -2.38.